The number of rotatable bonds is 2. The van der Waals surface area contributed by atoms with E-state index in [1.54, 1.807) is 0 Å². The first-order chi connectivity index (χ1) is 10.0. The fraction of sp³-hybridized carbons (Fsp3) is 0.455. The molecule has 4 N–H and O–H groups in total. The van der Waals surface area contributed by atoms with E-state index in [0.29, 0.717) is 11.2 Å². The van der Waals surface area contributed by atoms with E-state index in [-0.39, 0.29) is 5.82 Å². The Bertz CT molecular complexity index is 689. The number of methoxy groups -OCH3 is 1. The van der Waals surface area contributed by atoms with Crippen LogP contribution in [-0.4, -0.2) is 61.1 Å². The van der Waals surface area contributed by atoms with E-state index >= 15 is 0 Å². The summed E-state index contributed by atoms with van der Waals surface area (Å²) in [7, 11) is 1.17. The first-order valence-electron chi connectivity index (χ1n) is 6.07. The largest absolute Gasteiger partial charge is 0.467 e. The number of nitrogen functional groups attached to an aromatic ring is 1. The molecule has 21 heavy (non-hydrogen) atoms. The summed E-state index contributed by atoms with van der Waals surface area (Å²) in [4.78, 5) is 23.4. The maximum Gasteiger partial charge on any atom is 0.337 e. The van der Waals surface area contributed by atoms with Crippen LogP contribution in [0, 0.1) is 0 Å². The van der Waals surface area contributed by atoms with Crippen molar-refractivity contribution in [3.8, 4) is 0 Å². The summed E-state index contributed by atoms with van der Waals surface area (Å²) < 4.78 is 11.3. The Morgan fingerprint density at radius 2 is 2.14 bits per heavy atom. The molecule has 3 heterocycles. The molecule has 1 saturated heterocycles. The molecular formula is C11H13N5O5. The first kappa shape index (κ1) is 13.7. The van der Waals surface area contributed by atoms with Crippen molar-refractivity contribution in [1.82, 2.24) is 19.5 Å². The minimum atomic E-state index is -1.42. The van der Waals surface area contributed by atoms with Crippen molar-refractivity contribution in [3.63, 3.8) is 0 Å². The van der Waals surface area contributed by atoms with Crippen molar-refractivity contribution in [2.24, 2.45) is 0 Å². The fourth-order valence-electron chi connectivity index (χ4n) is 2.26. The Morgan fingerprint density at radius 1 is 1.38 bits per heavy atom. The van der Waals surface area contributed by atoms with Crippen LogP contribution < -0.4 is 5.73 Å². The molecule has 112 valence electrons. The smallest absolute Gasteiger partial charge is 0.337 e. The monoisotopic (exact) mass is 295 g/mol. The molecule has 0 unspecified atom stereocenters. The molecule has 0 aliphatic carbocycles. The summed E-state index contributed by atoms with van der Waals surface area (Å²) in [6.07, 6.45) is -2.50. The molecule has 0 bridgehead atoms. The number of aromatic nitrogens is 4. The Balaban J connectivity index is 2.00. The number of imidazole rings is 1. The van der Waals surface area contributed by atoms with Gasteiger partial charge in [-0.1, -0.05) is 0 Å². The van der Waals surface area contributed by atoms with Crippen LogP contribution in [0.25, 0.3) is 11.2 Å². The van der Waals surface area contributed by atoms with Crippen LogP contribution in [0.5, 0.6) is 0 Å². The van der Waals surface area contributed by atoms with Crippen molar-refractivity contribution >= 4 is 23.0 Å². The highest BCUT2D eigenvalue weighted by atomic mass is 16.6. The number of nitrogens with two attached hydrogens (primary N) is 1. The molecule has 4 atom stereocenters. The van der Waals surface area contributed by atoms with Crippen LogP contribution in [0.4, 0.5) is 5.82 Å². The lowest BCUT2D eigenvalue weighted by Crippen LogP contribution is -2.36. The summed E-state index contributed by atoms with van der Waals surface area (Å²) >= 11 is 0. The van der Waals surface area contributed by atoms with Crippen molar-refractivity contribution < 1.29 is 24.5 Å². The molecule has 0 spiro atoms. The predicted octanol–water partition coefficient (Wildman–Crippen LogP) is -1.80. The average Bonchev–Trinajstić information content (AvgIpc) is 3.02. The lowest BCUT2D eigenvalue weighted by molar-refractivity contribution is -0.158. The second kappa shape index (κ2) is 4.91. The van der Waals surface area contributed by atoms with Gasteiger partial charge in [-0.2, -0.15) is 0 Å². The maximum absolute atomic E-state index is 11.5. The van der Waals surface area contributed by atoms with Gasteiger partial charge < -0.3 is 25.4 Å². The highest BCUT2D eigenvalue weighted by molar-refractivity contribution is 5.81. The number of esters is 1. The number of anilines is 1. The summed E-state index contributed by atoms with van der Waals surface area (Å²) in [5, 5.41) is 20.0. The zero-order valence-corrected chi connectivity index (χ0v) is 10.9. The van der Waals surface area contributed by atoms with Crippen LogP contribution >= 0.6 is 0 Å². The Labute approximate surface area is 118 Å². The first-order valence-corrected chi connectivity index (χ1v) is 6.07. The highest BCUT2D eigenvalue weighted by Crippen LogP contribution is 2.32. The topological polar surface area (TPSA) is 146 Å². The van der Waals surface area contributed by atoms with Crippen molar-refractivity contribution in [2.75, 3.05) is 12.8 Å². The second-order valence-corrected chi connectivity index (χ2v) is 4.53. The minimum absolute atomic E-state index is 0.177. The molecule has 1 aliphatic rings. The van der Waals surface area contributed by atoms with E-state index < -0.39 is 30.5 Å². The van der Waals surface area contributed by atoms with E-state index in [0.717, 1.165) is 0 Å². The van der Waals surface area contributed by atoms with Crippen molar-refractivity contribution in [2.45, 2.75) is 24.5 Å². The number of carbonyl (C=O) groups excluding carboxylic acids is 1. The lowest BCUT2D eigenvalue weighted by Gasteiger charge is -2.16. The molecule has 10 nitrogen and oxygen atoms in total. The van der Waals surface area contributed by atoms with Gasteiger partial charge in [-0.25, -0.2) is 19.7 Å². The van der Waals surface area contributed by atoms with Crippen molar-refractivity contribution in [1.29, 1.82) is 0 Å². The zero-order valence-electron chi connectivity index (χ0n) is 10.9. The Morgan fingerprint density at radius 3 is 2.86 bits per heavy atom. The lowest BCUT2D eigenvalue weighted by atomic mass is 10.1. The van der Waals surface area contributed by atoms with E-state index in [1.165, 1.54) is 24.3 Å². The molecule has 0 saturated carbocycles. The average molecular weight is 295 g/mol. The van der Waals surface area contributed by atoms with Gasteiger partial charge in [-0.3, -0.25) is 4.57 Å². The van der Waals surface area contributed by atoms with Crippen LogP contribution in [0.15, 0.2) is 12.7 Å². The third-order valence-electron chi connectivity index (χ3n) is 3.33. The zero-order chi connectivity index (χ0) is 15.1. The summed E-state index contributed by atoms with van der Waals surface area (Å²) in [5.74, 6) is -0.598. The van der Waals surface area contributed by atoms with Gasteiger partial charge in [-0.15, -0.1) is 0 Å². The molecule has 1 aliphatic heterocycles. The van der Waals surface area contributed by atoms with Crippen LogP contribution in [0.3, 0.4) is 0 Å². The molecule has 0 amide bonds. The van der Waals surface area contributed by atoms with Crippen LogP contribution in [-0.2, 0) is 14.3 Å². The summed E-state index contributed by atoms with van der Waals surface area (Å²) in [6.45, 7) is 0. The number of carbonyl (C=O) groups is 1. The third-order valence-corrected chi connectivity index (χ3v) is 3.33. The standard InChI is InChI=1S/C11H13N5O5/c1-20-11(19)7-5(17)6(18)10(21-7)16-3-15-4-8(12)13-2-14-9(4)16/h2-3,5-7,10,17-18H,1H3,(H2,12,13,14)/t5-,6-,7-,10+/m0/s1. The van der Waals surface area contributed by atoms with Crippen LogP contribution in [0.1, 0.15) is 6.23 Å². The van der Waals surface area contributed by atoms with Gasteiger partial charge in [0.05, 0.1) is 13.4 Å². The van der Waals surface area contributed by atoms with Crippen LogP contribution in [0.2, 0.25) is 0 Å². The fourth-order valence-corrected chi connectivity index (χ4v) is 2.26. The number of hydrogen-bond donors (Lipinski definition) is 3. The maximum atomic E-state index is 11.5. The molecule has 0 radical (unpaired) electrons. The second-order valence-electron chi connectivity index (χ2n) is 4.53. The molecule has 0 aromatic carbocycles. The number of aliphatic hydroxyl groups is 2. The minimum Gasteiger partial charge on any atom is -0.467 e. The van der Waals surface area contributed by atoms with Gasteiger partial charge in [0.1, 0.15) is 24.1 Å². The molecule has 2 aromatic rings. The SMILES string of the molecule is COC(=O)[C@H]1O[C@@H](n2cnc3c(N)ncnc32)[C@@H](O)[C@@H]1O. The van der Waals surface area contributed by atoms with E-state index in [2.05, 4.69) is 19.7 Å². The molecule has 1 fully saturated rings. The normalized spacial score (nSPS) is 28.9. The quantitative estimate of drug-likeness (QED) is 0.546. The number of fused-ring (bicyclic) bond motifs is 1. The highest BCUT2D eigenvalue weighted by Gasteiger charge is 2.48. The predicted molar refractivity (Wildman–Crippen MR) is 67.7 cm³/mol. The van der Waals surface area contributed by atoms with E-state index in [4.69, 9.17) is 10.5 Å². The van der Waals surface area contributed by atoms with E-state index in [9.17, 15) is 15.0 Å². The number of ether oxygens (including phenoxy) is 2. The van der Waals surface area contributed by atoms with Crippen molar-refractivity contribution in [3.05, 3.63) is 12.7 Å². The van der Waals surface area contributed by atoms with Gasteiger partial charge in [0, 0.05) is 0 Å². The third kappa shape index (κ3) is 2.00. The van der Waals surface area contributed by atoms with Gasteiger partial charge in [-0.05, 0) is 0 Å². The van der Waals surface area contributed by atoms with Gasteiger partial charge in [0.2, 0.25) is 0 Å². The molecule has 3 rings (SSSR count). The van der Waals surface area contributed by atoms with Gasteiger partial charge >= 0.3 is 5.97 Å². The summed E-state index contributed by atoms with van der Waals surface area (Å²) in [6, 6.07) is 0. The summed E-state index contributed by atoms with van der Waals surface area (Å²) in [5.41, 5.74) is 6.33. The van der Waals surface area contributed by atoms with Gasteiger partial charge in [0.25, 0.3) is 0 Å². The number of nitrogens with zero attached hydrogens (tertiary/aromatic N) is 4. The molecular weight excluding hydrogens is 282 g/mol. The number of aliphatic hydroxyl groups excluding tert-OH is 2. The number of hydrogen-bond acceptors (Lipinski definition) is 9. The Kier molecular flexibility index (Phi) is 3.20. The Hall–Kier alpha value is -2.30. The molecule has 2 aromatic heterocycles. The van der Waals surface area contributed by atoms with E-state index in [1.807, 2.05) is 0 Å². The van der Waals surface area contributed by atoms with Gasteiger partial charge in [0.15, 0.2) is 23.8 Å². The molecule has 10 heteroatoms.